The van der Waals surface area contributed by atoms with E-state index in [1.165, 1.54) is 6.07 Å². The SMILES string of the molecule is CN=C(NCc1cc2c(cc1OC(F)F)OCO2)NCc1ncccc1C.I. The van der Waals surface area contributed by atoms with Crippen LogP contribution in [0.15, 0.2) is 35.5 Å². The number of benzene rings is 1. The number of nitrogens with zero attached hydrogens (tertiary/aromatic N) is 2. The van der Waals surface area contributed by atoms with Gasteiger partial charge in [0.05, 0.1) is 12.2 Å². The zero-order valence-electron chi connectivity index (χ0n) is 15.4. The molecule has 2 aromatic rings. The average Bonchev–Trinajstić information content (AvgIpc) is 3.09. The van der Waals surface area contributed by atoms with Crippen molar-refractivity contribution >= 4 is 29.9 Å². The van der Waals surface area contributed by atoms with Crippen molar-refractivity contribution in [3.63, 3.8) is 0 Å². The van der Waals surface area contributed by atoms with Gasteiger partial charge in [0, 0.05) is 31.4 Å². The van der Waals surface area contributed by atoms with Crippen LogP contribution in [0.5, 0.6) is 17.2 Å². The van der Waals surface area contributed by atoms with Gasteiger partial charge < -0.3 is 24.8 Å². The Hall–Kier alpha value is -2.37. The number of hydrogen-bond donors (Lipinski definition) is 2. The summed E-state index contributed by atoms with van der Waals surface area (Å²) in [5.74, 6) is 1.39. The van der Waals surface area contributed by atoms with Crippen LogP contribution in [0, 0.1) is 6.92 Å². The lowest BCUT2D eigenvalue weighted by molar-refractivity contribution is -0.0505. The van der Waals surface area contributed by atoms with Crippen molar-refractivity contribution in [3.8, 4) is 17.2 Å². The topological polar surface area (TPSA) is 77.0 Å². The maximum atomic E-state index is 12.7. The molecule has 1 aliphatic rings. The van der Waals surface area contributed by atoms with Crippen LogP contribution in [0.1, 0.15) is 16.8 Å². The van der Waals surface area contributed by atoms with Gasteiger partial charge in [-0.1, -0.05) is 6.07 Å². The molecule has 2 N–H and O–H groups in total. The summed E-state index contributed by atoms with van der Waals surface area (Å²) in [4.78, 5) is 8.44. The molecule has 0 saturated carbocycles. The van der Waals surface area contributed by atoms with Gasteiger partial charge in [0.2, 0.25) is 6.79 Å². The Balaban J connectivity index is 0.00000280. The molecule has 0 radical (unpaired) electrons. The van der Waals surface area contributed by atoms with Crippen molar-refractivity contribution in [1.82, 2.24) is 15.6 Å². The van der Waals surface area contributed by atoms with Crippen molar-refractivity contribution < 1.29 is 23.0 Å². The number of halogens is 3. The molecule has 0 fully saturated rings. The number of alkyl halides is 2. The summed E-state index contributed by atoms with van der Waals surface area (Å²) >= 11 is 0. The zero-order chi connectivity index (χ0) is 19.2. The molecule has 10 heteroatoms. The van der Waals surface area contributed by atoms with Crippen molar-refractivity contribution in [2.75, 3.05) is 13.8 Å². The van der Waals surface area contributed by atoms with Crippen LogP contribution >= 0.6 is 24.0 Å². The number of pyridine rings is 1. The maximum Gasteiger partial charge on any atom is 0.387 e. The van der Waals surface area contributed by atoms with Gasteiger partial charge >= 0.3 is 6.61 Å². The van der Waals surface area contributed by atoms with Crippen LogP contribution in [-0.4, -0.2) is 31.4 Å². The van der Waals surface area contributed by atoms with E-state index in [-0.39, 0.29) is 43.1 Å². The second-order valence-corrected chi connectivity index (χ2v) is 5.74. The lowest BCUT2D eigenvalue weighted by Gasteiger charge is -2.15. The summed E-state index contributed by atoms with van der Waals surface area (Å²) in [6, 6.07) is 6.86. The fraction of sp³-hybridized carbons (Fsp3) is 0.333. The van der Waals surface area contributed by atoms with Crippen LogP contribution in [-0.2, 0) is 13.1 Å². The lowest BCUT2D eigenvalue weighted by Crippen LogP contribution is -2.36. The molecule has 2 heterocycles. The molecule has 152 valence electrons. The van der Waals surface area contributed by atoms with Gasteiger partial charge in [-0.3, -0.25) is 9.98 Å². The zero-order valence-corrected chi connectivity index (χ0v) is 17.7. The van der Waals surface area contributed by atoms with E-state index in [0.29, 0.717) is 29.6 Å². The second-order valence-electron chi connectivity index (χ2n) is 5.74. The molecule has 0 unspecified atom stereocenters. The summed E-state index contributed by atoms with van der Waals surface area (Å²) in [6.07, 6.45) is 1.72. The molecule has 1 aromatic carbocycles. The van der Waals surface area contributed by atoms with E-state index >= 15 is 0 Å². The quantitative estimate of drug-likeness (QED) is 0.356. The molecule has 0 spiro atoms. The Morgan fingerprint density at radius 2 is 1.96 bits per heavy atom. The van der Waals surface area contributed by atoms with E-state index < -0.39 is 6.61 Å². The molecular formula is C18H21F2IN4O3. The smallest absolute Gasteiger partial charge is 0.387 e. The molecule has 7 nitrogen and oxygen atoms in total. The van der Waals surface area contributed by atoms with Crippen molar-refractivity contribution in [2.24, 2.45) is 4.99 Å². The van der Waals surface area contributed by atoms with Gasteiger partial charge in [0.15, 0.2) is 17.5 Å². The number of aliphatic imine (C=N–C) groups is 1. The van der Waals surface area contributed by atoms with Crippen LogP contribution in [0.2, 0.25) is 0 Å². The number of aryl methyl sites for hydroxylation is 1. The van der Waals surface area contributed by atoms with Gasteiger partial charge in [-0.05, 0) is 24.6 Å². The van der Waals surface area contributed by atoms with E-state index in [9.17, 15) is 8.78 Å². The highest BCUT2D eigenvalue weighted by Gasteiger charge is 2.20. The van der Waals surface area contributed by atoms with Gasteiger partial charge in [0.1, 0.15) is 5.75 Å². The molecular weight excluding hydrogens is 485 g/mol. The molecule has 28 heavy (non-hydrogen) atoms. The van der Waals surface area contributed by atoms with Crippen LogP contribution < -0.4 is 24.8 Å². The predicted molar refractivity (Wildman–Crippen MR) is 111 cm³/mol. The number of nitrogens with one attached hydrogen (secondary N) is 2. The van der Waals surface area contributed by atoms with Crippen LogP contribution in [0.25, 0.3) is 0 Å². The predicted octanol–water partition coefficient (Wildman–Crippen LogP) is 3.20. The summed E-state index contributed by atoms with van der Waals surface area (Å²) in [5, 5.41) is 6.21. The minimum absolute atomic E-state index is 0. The number of fused-ring (bicyclic) bond motifs is 1. The first-order chi connectivity index (χ1) is 13.1. The van der Waals surface area contributed by atoms with E-state index in [2.05, 4.69) is 25.3 Å². The number of rotatable bonds is 6. The number of hydrogen-bond acceptors (Lipinski definition) is 5. The molecule has 0 bridgehead atoms. The monoisotopic (exact) mass is 506 g/mol. The third-order valence-electron chi connectivity index (χ3n) is 3.98. The highest BCUT2D eigenvalue weighted by Crippen LogP contribution is 2.38. The fourth-order valence-corrected chi connectivity index (χ4v) is 2.58. The largest absolute Gasteiger partial charge is 0.454 e. The molecule has 3 rings (SSSR count). The fourth-order valence-electron chi connectivity index (χ4n) is 2.58. The normalized spacial score (nSPS) is 12.5. The van der Waals surface area contributed by atoms with Crippen LogP contribution in [0.4, 0.5) is 8.78 Å². The third kappa shape index (κ3) is 5.57. The second kappa shape index (κ2) is 10.2. The number of aromatic nitrogens is 1. The van der Waals surface area contributed by atoms with Crippen molar-refractivity contribution in [1.29, 1.82) is 0 Å². The Labute approximate surface area is 178 Å². The van der Waals surface area contributed by atoms with Crippen LogP contribution in [0.3, 0.4) is 0 Å². The minimum atomic E-state index is -2.94. The number of ether oxygens (including phenoxy) is 3. The van der Waals surface area contributed by atoms with E-state index in [1.54, 1.807) is 19.3 Å². The maximum absolute atomic E-state index is 12.7. The van der Waals surface area contributed by atoms with Crippen molar-refractivity contribution in [3.05, 3.63) is 47.3 Å². The summed E-state index contributed by atoms with van der Waals surface area (Å²) < 4.78 is 40.5. The molecule has 0 aliphatic carbocycles. The van der Waals surface area contributed by atoms with Gasteiger partial charge in [-0.2, -0.15) is 8.78 Å². The van der Waals surface area contributed by atoms with Gasteiger partial charge in [-0.15, -0.1) is 24.0 Å². The highest BCUT2D eigenvalue weighted by atomic mass is 127. The van der Waals surface area contributed by atoms with E-state index in [0.717, 1.165) is 11.3 Å². The first kappa shape index (κ1) is 21.9. The molecule has 0 saturated heterocycles. The standard InChI is InChI=1S/C18H20F2N4O3.HI/c1-11-4-3-5-22-13(11)9-24-18(21-2)23-8-12-6-15-16(26-10-25-15)7-14(12)27-17(19)20;/h3-7,17H,8-10H2,1-2H3,(H2,21,23,24);1H. The Bertz CT molecular complexity index is 836. The van der Waals surface area contributed by atoms with E-state index in [1.807, 2.05) is 19.1 Å². The van der Waals surface area contributed by atoms with E-state index in [4.69, 9.17) is 9.47 Å². The molecule has 1 aromatic heterocycles. The third-order valence-corrected chi connectivity index (χ3v) is 3.98. The number of guanidine groups is 1. The first-order valence-corrected chi connectivity index (χ1v) is 8.29. The Morgan fingerprint density at radius 3 is 2.64 bits per heavy atom. The summed E-state index contributed by atoms with van der Waals surface area (Å²) in [5.41, 5.74) is 2.45. The molecule has 1 aliphatic heterocycles. The first-order valence-electron chi connectivity index (χ1n) is 8.29. The Morgan fingerprint density at radius 1 is 1.25 bits per heavy atom. The lowest BCUT2D eigenvalue weighted by atomic mass is 10.1. The average molecular weight is 506 g/mol. The Kier molecular flexibility index (Phi) is 8.03. The minimum Gasteiger partial charge on any atom is -0.454 e. The van der Waals surface area contributed by atoms with Crippen molar-refractivity contribution in [2.45, 2.75) is 26.6 Å². The molecule has 0 atom stereocenters. The molecule has 0 amide bonds. The van der Waals surface area contributed by atoms with Gasteiger partial charge in [0.25, 0.3) is 0 Å². The van der Waals surface area contributed by atoms with Gasteiger partial charge in [-0.25, -0.2) is 0 Å². The summed E-state index contributed by atoms with van der Waals surface area (Å²) in [6.45, 7) is -0.227. The highest BCUT2D eigenvalue weighted by molar-refractivity contribution is 14.0. The summed E-state index contributed by atoms with van der Waals surface area (Å²) in [7, 11) is 1.62.